The number of esters is 1. The minimum absolute atomic E-state index is 0.186. The van der Waals surface area contributed by atoms with Gasteiger partial charge in [0.05, 0.1) is 30.3 Å². The van der Waals surface area contributed by atoms with Gasteiger partial charge in [-0.05, 0) is 58.3 Å². The molecule has 0 spiro atoms. The van der Waals surface area contributed by atoms with E-state index in [0.717, 1.165) is 20.8 Å². The lowest BCUT2D eigenvalue weighted by Gasteiger charge is -2.10. The monoisotopic (exact) mass is 550 g/mol. The van der Waals surface area contributed by atoms with Gasteiger partial charge in [-0.1, -0.05) is 70.0 Å². The Kier molecular flexibility index (Phi) is 7.80. The molecule has 1 amide bonds. The average molecular weight is 552 g/mol. The molecule has 0 bridgehead atoms. The molecule has 0 heterocycles. The zero-order valence-corrected chi connectivity index (χ0v) is 21.0. The summed E-state index contributed by atoms with van der Waals surface area (Å²) < 4.78 is 11.8. The van der Waals surface area contributed by atoms with Gasteiger partial charge in [-0.2, -0.15) is 5.10 Å². The Balaban J connectivity index is 1.41. The number of amides is 1. The second kappa shape index (κ2) is 11.2. The average Bonchev–Trinajstić information content (AvgIpc) is 2.87. The van der Waals surface area contributed by atoms with E-state index in [1.54, 1.807) is 42.5 Å². The van der Waals surface area contributed by atoms with E-state index >= 15 is 0 Å². The summed E-state index contributed by atoms with van der Waals surface area (Å²) in [7, 11) is 1.47. The van der Waals surface area contributed by atoms with Crippen molar-refractivity contribution < 1.29 is 19.1 Å². The SMILES string of the molecule is COc1cc(/C=N\NC(=O)Cc2ccc(Br)c3ccccc23)ccc1OC(=O)c1ccccc1Cl. The van der Waals surface area contributed by atoms with Crippen LogP contribution in [0.15, 0.2) is 88.4 Å². The van der Waals surface area contributed by atoms with E-state index in [9.17, 15) is 9.59 Å². The Bertz CT molecular complexity index is 1440. The molecule has 0 atom stereocenters. The quantitative estimate of drug-likeness (QED) is 0.129. The van der Waals surface area contributed by atoms with E-state index in [4.69, 9.17) is 21.1 Å². The molecule has 4 aromatic rings. The number of rotatable bonds is 7. The molecule has 0 aliphatic rings. The van der Waals surface area contributed by atoms with Crippen molar-refractivity contribution in [2.45, 2.75) is 6.42 Å². The molecular weight excluding hydrogens is 532 g/mol. The van der Waals surface area contributed by atoms with Crippen LogP contribution in [0.2, 0.25) is 5.02 Å². The number of ether oxygens (including phenoxy) is 2. The number of hydrogen-bond donors (Lipinski definition) is 1. The highest BCUT2D eigenvalue weighted by molar-refractivity contribution is 9.10. The Labute approximate surface area is 215 Å². The van der Waals surface area contributed by atoms with Gasteiger partial charge in [0.25, 0.3) is 0 Å². The number of carbonyl (C=O) groups is 2. The lowest BCUT2D eigenvalue weighted by Crippen LogP contribution is -2.20. The zero-order chi connectivity index (χ0) is 24.8. The molecule has 176 valence electrons. The van der Waals surface area contributed by atoms with Crippen LogP contribution in [0.3, 0.4) is 0 Å². The first-order chi connectivity index (χ1) is 17.0. The van der Waals surface area contributed by atoms with Crippen molar-refractivity contribution in [1.82, 2.24) is 5.43 Å². The number of nitrogens with zero attached hydrogens (tertiary/aromatic N) is 1. The Hall–Kier alpha value is -3.68. The number of halogens is 2. The molecule has 0 unspecified atom stereocenters. The van der Waals surface area contributed by atoms with Gasteiger partial charge in [0.2, 0.25) is 5.91 Å². The van der Waals surface area contributed by atoms with E-state index in [-0.39, 0.29) is 23.6 Å². The topological polar surface area (TPSA) is 77.0 Å². The molecular formula is C27H20BrClN2O4. The van der Waals surface area contributed by atoms with Crippen LogP contribution < -0.4 is 14.9 Å². The van der Waals surface area contributed by atoms with Gasteiger partial charge in [-0.15, -0.1) is 0 Å². The van der Waals surface area contributed by atoms with Crippen molar-refractivity contribution >= 4 is 56.4 Å². The molecule has 35 heavy (non-hydrogen) atoms. The number of fused-ring (bicyclic) bond motifs is 1. The van der Waals surface area contributed by atoms with Crippen molar-refractivity contribution in [3.63, 3.8) is 0 Å². The van der Waals surface area contributed by atoms with Crippen LogP contribution in [0.25, 0.3) is 10.8 Å². The molecule has 4 rings (SSSR count). The summed E-state index contributed by atoms with van der Waals surface area (Å²) in [6, 6.07) is 23.3. The first-order valence-corrected chi connectivity index (χ1v) is 11.8. The molecule has 0 aliphatic heterocycles. The highest BCUT2D eigenvalue weighted by Gasteiger charge is 2.15. The lowest BCUT2D eigenvalue weighted by atomic mass is 10.0. The summed E-state index contributed by atoms with van der Waals surface area (Å²) in [4.78, 5) is 24.9. The molecule has 0 aromatic heterocycles. The second-order valence-corrected chi connectivity index (χ2v) is 8.76. The fourth-order valence-corrected chi connectivity index (χ4v) is 4.19. The molecule has 8 heteroatoms. The summed E-state index contributed by atoms with van der Waals surface area (Å²) in [5, 5.41) is 6.40. The third-order valence-corrected chi connectivity index (χ3v) is 6.22. The van der Waals surface area contributed by atoms with Crippen molar-refractivity contribution in [3.05, 3.63) is 105 Å². The maximum atomic E-state index is 12.5. The van der Waals surface area contributed by atoms with Gasteiger partial charge in [0.1, 0.15) is 0 Å². The van der Waals surface area contributed by atoms with Crippen LogP contribution >= 0.6 is 27.5 Å². The lowest BCUT2D eigenvalue weighted by molar-refractivity contribution is -0.120. The number of carbonyl (C=O) groups excluding carboxylic acids is 2. The standard InChI is InChI=1S/C27H20BrClN2O4/c1-34-25-14-17(10-13-24(25)35-27(33)21-8-4-5-9-23(21)29)16-30-31-26(32)15-18-11-12-22(28)20-7-3-2-6-19(18)20/h2-14,16H,15H2,1H3,(H,31,32)/b30-16-. The molecule has 0 fully saturated rings. The summed E-state index contributed by atoms with van der Waals surface area (Å²) in [5.74, 6) is -0.267. The van der Waals surface area contributed by atoms with Crippen LogP contribution in [0, 0.1) is 0 Å². The highest BCUT2D eigenvalue weighted by atomic mass is 79.9. The van der Waals surface area contributed by atoms with Gasteiger partial charge in [0.15, 0.2) is 11.5 Å². The summed E-state index contributed by atoms with van der Waals surface area (Å²) in [6.07, 6.45) is 1.67. The summed E-state index contributed by atoms with van der Waals surface area (Å²) in [5.41, 5.74) is 4.35. The third kappa shape index (κ3) is 5.88. The number of benzene rings is 4. The molecule has 0 saturated carbocycles. The van der Waals surface area contributed by atoms with E-state index in [1.165, 1.54) is 13.3 Å². The highest BCUT2D eigenvalue weighted by Crippen LogP contribution is 2.29. The van der Waals surface area contributed by atoms with Gasteiger partial charge in [-0.3, -0.25) is 4.79 Å². The van der Waals surface area contributed by atoms with E-state index < -0.39 is 5.97 Å². The van der Waals surface area contributed by atoms with Gasteiger partial charge in [-0.25, -0.2) is 10.2 Å². The molecule has 0 aliphatic carbocycles. The fraction of sp³-hybridized carbons (Fsp3) is 0.0741. The fourth-order valence-electron chi connectivity index (χ4n) is 3.50. The predicted octanol–water partition coefficient (Wildman–Crippen LogP) is 6.18. The normalized spacial score (nSPS) is 10.9. The van der Waals surface area contributed by atoms with Crippen molar-refractivity contribution in [2.75, 3.05) is 7.11 Å². The van der Waals surface area contributed by atoms with Gasteiger partial charge < -0.3 is 9.47 Å². The van der Waals surface area contributed by atoms with Crippen LogP contribution in [-0.2, 0) is 11.2 Å². The van der Waals surface area contributed by atoms with Crippen LogP contribution in [-0.4, -0.2) is 25.2 Å². The molecule has 6 nitrogen and oxygen atoms in total. The zero-order valence-electron chi connectivity index (χ0n) is 18.6. The Morgan fingerprint density at radius 3 is 2.49 bits per heavy atom. The first-order valence-electron chi connectivity index (χ1n) is 10.6. The molecule has 0 saturated heterocycles. The van der Waals surface area contributed by atoms with Crippen LogP contribution in [0.5, 0.6) is 11.5 Å². The maximum absolute atomic E-state index is 12.5. The minimum Gasteiger partial charge on any atom is -0.493 e. The minimum atomic E-state index is -0.594. The third-order valence-electron chi connectivity index (χ3n) is 5.20. The number of hydrazone groups is 1. The second-order valence-electron chi connectivity index (χ2n) is 7.50. The smallest absolute Gasteiger partial charge is 0.345 e. The van der Waals surface area contributed by atoms with Crippen molar-refractivity contribution in [2.24, 2.45) is 5.10 Å². The van der Waals surface area contributed by atoms with E-state index in [0.29, 0.717) is 16.3 Å². The van der Waals surface area contributed by atoms with Gasteiger partial charge in [0, 0.05) is 4.47 Å². The predicted molar refractivity (Wildman–Crippen MR) is 140 cm³/mol. The van der Waals surface area contributed by atoms with Crippen LogP contribution in [0.1, 0.15) is 21.5 Å². The summed E-state index contributed by atoms with van der Waals surface area (Å²) >= 11 is 9.61. The van der Waals surface area contributed by atoms with E-state index in [1.807, 2.05) is 36.4 Å². The van der Waals surface area contributed by atoms with E-state index in [2.05, 4.69) is 26.5 Å². The summed E-state index contributed by atoms with van der Waals surface area (Å²) in [6.45, 7) is 0. The number of methoxy groups -OCH3 is 1. The number of hydrogen-bond acceptors (Lipinski definition) is 5. The molecule has 0 radical (unpaired) electrons. The van der Waals surface area contributed by atoms with Crippen LogP contribution in [0.4, 0.5) is 0 Å². The Morgan fingerprint density at radius 1 is 0.971 bits per heavy atom. The number of nitrogens with one attached hydrogen (secondary N) is 1. The largest absolute Gasteiger partial charge is 0.493 e. The Morgan fingerprint density at radius 2 is 1.71 bits per heavy atom. The first kappa shape index (κ1) is 24.4. The molecule has 4 aromatic carbocycles. The van der Waals surface area contributed by atoms with Gasteiger partial charge >= 0.3 is 5.97 Å². The maximum Gasteiger partial charge on any atom is 0.345 e. The molecule has 1 N–H and O–H groups in total. The van der Waals surface area contributed by atoms with Crippen molar-refractivity contribution in [1.29, 1.82) is 0 Å². The van der Waals surface area contributed by atoms with Crippen molar-refractivity contribution in [3.8, 4) is 11.5 Å².